The van der Waals surface area contributed by atoms with Crippen LogP contribution in [0.3, 0.4) is 0 Å². The van der Waals surface area contributed by atoms with Gasteiger partial charge in [-0.05, 0) is 112 Å². The van der Waals surface area contributed by atoms with E-state index in [1.807, 2.05) is 0 Å². The van der Waals surface area contributed by atoms with Crippen LogP contribution in [0.4, 0.5) is 0 Å². The van der Waals surface area contributed by atoms with Gasteiger partial charge in [0.15, 0.2) is 0 Å². The molecule has 0 saturated heterocycles. The van der Waals surface area contributed by atoms with Crippen molar-refractivity contribution in [1.29, 1.82) is 0 Å². The summed E-state index contributed by atoms with van der Waals surface area (Å²) in [6.45, 7) is 5.25. The fraction of sp³-hybridized carbons (Fsp3) is 0.366. The van der Waals surface area contributed by atoms with Crippen molar-refractivity contribution in [1.82, 2.24) is 0 Å². The molecule has 2 saturated carbocycles. The van der Waals surface area contributed by atoms with Gasteiger partial charge >= 0.3 is 0 Å². The summed E-state index contributed by atoms with van der Waals surface area (Å²) in [7, 11) is 0. The first kappa shape index (κ1) is 25.3. The molecule has 0 aliphatic heterocycles. The summed E-state index contributed by atoms with van der Waals surface area (Å²) in [6.07, 6.45) is 16.0. The van der Waals surface area contributed by atoms with Gasteiger partial charge in [0.1, 0.15) is 0 Å². The van der Waals surface area contributed by atoms with Crippen molar-refractivity contribution < 1.29 is 0 Å². The van der Waals surface area contributed by atoms with E-state index in [2.05, 4.69) is 129 Å². The van der Waals surface area contributed by atoms with Crippen molar-refractivity contribution in [2.75, 3.05) is 0 Å². The molecule has 0 heteroatoms. The van der Waals surface area contributed by atoms with E-state index in [-0.39, 0.29) is 0 Å². The zero-order chi connectivity index (χ0) is 27.6. The lowest BCUT2D eigenvalue weighted by atomic mass is 9.49. The maximum absolute atomic E-state index is 2.67. The Kier molecular flexibility index (Phi) is 5.92. The number of rotatable bonds is 3. The molecule has 0 radical (unpaired) electrons. The third-order valence-electron chi connectivity index (χ3n) is 12.1. The first-order valence-electron chi connectivity index (χ1n) is 16.0. The second-order valence-corrected chi connectivity index (χ2v) is 14.3. The van der Waals surface area contributed by atoms with E-state index < -0.39 is 0 Å². The van der Waals surface area contributed by atoms with E-state index in [1.54, 1.807) is 11.1 Å². The monoisotopic (exact) mass is 534 g/mol. The quantitative estimate of drug-likeness (QED) is 0.245. The standard InChI is InChI=1S/C41H42/c1-40-22-21-38-37(39(40)26-35(27-40)31-14-12-30(13-15-31)28-8-4-3-5-9-28)19-18-36-25-34(20-23-41(36,38)2)33-17-16-29-10-6-7-11-32(29)24-33/h3-19,24-25,34-35,37-39H,20-23,26-27H2,1-2H3/t34?,35?,37-,38+,39+,40-,41+/m1/s1. The maximum atomic E-state index is 2.67. The molecule has 0 aromatic heterocycles. The van der Waals surface area contributed by atoms with Gasteiger partial charge in [-0.1, -0.05) is 129 Å². The lowest BCUT2D eigenvalue weighted by molar-refractivity contribution is 0.00423. The largest absolute Gasteiger partial charge is 0.0805 e. The molecule has 8 rings (SSSR count). The molecule has 206 valence electrons. The molecule has 41 heavy (non-hydrogen) atoms. The zero-order valence-electron chi connectivity index (χ0n) is 24.6. The van der Waals surface area contributed by atoms with Gasteiger partial charge in [0.25, 0.3) is 0 Å². The van der Waals surface area contributed by atoms with Crippen LogP contribution >= 0.6 is 0 Å². The molecule has 4 aromatic carbocycles. The molecule has 4 aromatic rings. The number of benzene rings is 4. The van der Waals surface area contributed by atoms with Crippen LogP contribution in [0.15, 0.2) is 121 Å². The summed E-state index contributed by atoms with van der Waals surface area (Å²) in [6, 6.07) is 36.3. The van der Waals surface area contributed by atoms with E-state index in [0.717, 1.165) is 17.8 Å². The van der Waals surface area contributed by atoms with Crippen LogP contribution in [-0.4, -0.2) is 0 Å². The minimum atomic E-state index is 0.323. The van der Waals surface area contributed by atoms with E-state index in [4.69, 9.17) is 0 Å². The third-order valence-corrected chi connectivity index (χ3v) is 12.1. The minimum absolute atomic E-state index is 0.323. The number of hydrogen-bond donors (Lipinski definition) is 0. The highest BCUT2D eigenvalue weighted by atomic mass is 14.6. The van der Waals surface area contributed by atoms with Crippen molar-refractivity contribution >= 4 is 10.8 Å². The zero-order valence-corrected chi connectivity index (χ0v) is 24.6. The molecule has 0 N–H and O–H groups in total. The van der Waals surface area contributed by atoms with E-state index >= 15 is 0 Å². The number of fused-ring (bicyclic) bond motifs is 6. The molecular weight excluding hydrogens is 492 g/mol. The van der Waals surface area contributed by atoms with E-state index in [9.17, 15) is 0 Å². The predicted octanol–water partition coefficient (Wildman–Crippen LogP) is 11.1. The van der Waals surface area contributed by atoms with Crippen LogP contribution < -0.4 is 0 Å². The van der Waals surface area contributed by atoms with Crippen LogP contribution in [0, 0.1) is 28.6 Å². The lowest BCUT2D eigenvalue weighted by Gasteiger charge is -2.55. The number of hydrogen-bond acceptors (Lipinski definition) is 0. The van der Waals surface area contributed by atoms with Crippen LogP contribution in [-0.2, 0) is 0 Å². The van der Waals surface area contributed by atoms with Crippen LogP contribution in [0.5, 0.6) is 0 Å². The third kappa shape index (κ3) is 4.17. The predicted molar refractivity (Wildman–Crippen MR) is 173 cm³/mol. The average Bonchev–Trinajstić information content (AvgIpc) is 3.39. The van der Waals surface area contributed by atoms with Crippen molar-refractivity contribution in [3.05, 3.63) is 132 Å². The molecule has 4 aliphatic rings. The summed E-state index contributed by atoms with van der Waals surface area (Å²) in [5.74, 6) is 3.53. The molecule has 0 nitrogen and oxygen atoms in total. The fourth-order valence-corrected chi connectivity index (χ4v) is 9.75. The van der Waals surface area contributed by atoms with Crippen molar-refractivity contribution in [2.24, 2.45) is 28.6 Å². The Balaban J connectivity index is 1.05. The molecule has 0 spiro atoms. The normalized spacial score (nSPS) is 34.0. The molecule has 4 aliphatic carbocycles. The van der Waals surface area contributed by atoms with Gasteiger partial charge in [-0.15, -0.1) is 0 Å². The van der Waals surface area contributed by atoms with Gasteiger partial charge in [-0.2, -0.15) is 0 Å². The van der Waals surface area contributed by atoms with Gasteiger partial charge in [-0.3, -0.25) is 0 Å². The Morgan fingerprint density at radius 3 is 2.22 bits per heavy atom. The topological polar surface area (TPSA) is 0 Å². The van der Waals surface area contributed by atoms with Crippen LogP contribution in [0.2, 0.25) is 0 Å². The maximum Gasteiger partial charge on any atom is 0.00245 e. The summed E-state index contributed by atoms with van der Waals surface area (Å²) < 4.78 is 0. The average molecular weight is 535 g/mol. The highest BCUT2D eigenvalue weighted by Crippen LogP contribution is 2.66. The molecule has 0 amide bonds. The summed E-state index contributed by atoms with van der Waals surface area (Å²) in [4.78, 5) is 0. The molecule has 2 unspecified atom stereocenters. The Bertz CT molecular complexity index is 1640. The Hall–Kier alpha value is -3.38. The first-order valence-corrected chi connectivity index (χ1v) is 16.0. The molecule has 0 bridgehead atoms. The van der Waals surface area contributed by atoms with E-state index in [1.165, 1.54) is 66.0 Å². The van der Waals surface area contributed by atoms with E-state index in [0.29, 0.717) is 22.7 Å². The van der Waals surface area contributed by atoms with Gasteiger partial charge in [-0.25, -0.2) is 0 Å². The summed E-state index contributed by atoms with van der Waals surface area (Å²) >= 11 is 0. The van der Waals surface area contributed by atoms with Gasteiger partial charge in [0.2, 0.25) is 0 Å². The molecular formula is C41H42. The second-order valence-electron chi connectivity index (χ2n) is 14.3. The van der Waals surface area contributed by atoms with Gasteiger partial charge in [0.05, 0.1) is 0 Å². The molecule has 0 heterocycles. The fourth-order valence-electron chi connectivity index (χ4n) is 9.75. The second kappa shape index (κ2) is 9.59. The Labute approximate surface area is 246 Å². The lowest BCUT2D eigenvalue weighted by Crippen LogP contribution is -2.47. The van der Waals surface area contributed by atoms with Gasteiger partial charge < -0.3 is 0 Å². The summed E-state index contributed by atoms with van der Waals surface area (Å²) in [5.41, 5.74) is 8.10. The van der Waals surface area contributed by atoms with Crippen LogP contribution in [0.25, 0.3) is 21.9 Å². The SMILES string of the molecule is C[C@]12CC[C@H]3[C@@H](C=CC4=CC(c5ccc6ccccc6c5)CC[C@@]43C)[C@@H]1CC(c1ccc(-c3ccccc3)cc1)C2. The number of allylic oxidation sites excluding steroid dienone is 4. The first-order chi connectivity index (χ1) is 20.0. The van der Waals surface area contributed by atoms with Crippen molar-refractivity contribution in [3.63, 3.8) is 0 Å². The molecule has 7 atom stereocenters. The Morgan fingerprint density at radius 1 is 0.659 bits per heavy atom. The highest BCUT2D eigenvalue weighted by molar-refractivity contribution is 5.83. The Morgan fingerprint density at radius 2 is 1.39 bits per heavy atom. The van der Waals surface area contributed by atoms with Crippen molar-refractivity contribution in [3.8, 4) is 11.1 Å². The smallest absolute Gasteiger partial charge is 0.00245 e. The summed E-state index contributed by atoms with van der Waals surface area (Å²) in [5, 5.41) is 2.71. The minimum Gasteiger partial charge on any atom is -0.0805 e. The van der Waals surface area contributed by atoms with Crippen LogP contribution in [0.1, 0.15) is 75.3 Å². The van der Waals surface area contributed by atoms with Gasteiger partial charge in [0, 0.05) is 5.92 Å². The van der Waals surface area contributed by atoms with Crippen molar-refractivity contribution in [2.45, 2.75) is 64.2 Å². The molecule has 2 fully saturated rings. The highest BCUT2D eigenvalue weighted by Gasteiger charge is 2.56.